The van der Waals surface area contributed by atoms with Crippen LogP contribution in [0.4, 0.5) is 0 Å². The molecular formula is C11H13BrO2. The fraction of sp³-hybridized carbons (Fsp3) is 0.455. The van der Waals surface area contributed by atoms with Gasteiger partial charge >= 0.3 is 0 Å². The van der Waals surface area contributed by atoms with E-state index in [1.165, 1.54) is 0 Å². The number of benzene rings is 1. The first-order valence-corrected chi connectivity index (χ1v) is 5.90. The molecule has 0 amide bonds. The van der Waals surface area contributed by atoms with Gasteiger partial charge < -0.3 is 9.47 Å². The minimum atomic E-state index is -0.188. The van der Waals surface area contributed by atoms with Gasteiger partial charge in [0.1, 0.15) is 0 Å². The molecule has 1 saturated heterocycles. The zero-order chi connectivity index (χ0) is 9.80. The van der Waals surface area contributed by atoms with Gasteiger partial charge in [0.15, 0.2) is 6.29 Å². The molecule has 3 heteroatoms. The third-order valence-corrected chi connectivity index (χ3v) is 2.99. The monoisotopic (exact) mass is 256 g/mol. The second-order valence-corrected chi connectivity index (χ2v) is 3.96. The van der Waals surface area contributed by atoms with E-state index in [1.54, 1.807) is 0 Å². The third-order valence-electron chi connectivity index (χ3n) is 2.27. The van der Waals surface area contributed by atoms with Crippen LogP contribution in [0.1, 0.15) is 18.3 Å². The number of hydrogen-bond acceptors (Lipinski definition) is 2. The molecule has 1 aliphatic rings. The minimum Gasteiger partial charge on any atom is -0.348 e. The van der Waals surface area contributed by atoms with E-state index in [0.717, 1.165) is 23.9 Å². The molecule has 0 N–H and O–H groups in total. The maximum atomic E-state index is 5.75. The van der Waals surface area contributed by atoms with Gasteiger partial charge in [0.2, 0.25) is 0 Å². The van der Waals surface area contributed by atoms with Crippen molar-refractivity contribution in [3.63, 3.8) is 0 Å². The van der Waals surface area contributed by atoms with E-state index in [2.05, 4.69) is 15.9 Å². The molecule has 1 heterocycles. The van der Waals surface area contributed by atoms with Crippen molar-refractivity contribution in [1.82, 2.24) is 0 Å². The van der Waals surface area contributed by atoms with E-state index >= 15 is 0 Å². The molecule has 0 aliphatic carbocycles. The Morgan fingerprint density at radius 3 is 2.79 bits per heavy atom. The van der Waals surface area contributed by atoms with Crippen LogP contribution < -0.4 is 0 Å². The van der Waals surface area contributed by atoms with Crippen molar-refractivity contribution in [1.29, 1.82) is 0 Å². The van der Waals surface area contributed by atoms with E-state index in [0.29, 0.717) is 0 Å². The molecule has 0 saturated carbocycles. The van der Waals surface area contributed by atoms with Gasteiger partial charge in [-0.2, -0.15) is 0 Å². The molecule has 1 aromatic carbocycles. The normalized spacial score (nSPS) is 27.5. The zero-order valence-corrected chi connectivity index (χ0v) is 9.44. The molecule has 2 rings (SSSR count). The average molecular weight is 257 g/mol. The first-order chi connectivity index (χ1) is 6.90. The number of alkyl halides is 1. The van der Waals surface area contributed by atoms with Crippen LogP contribution in [0, 0.1) is 0 Å². The minimum absolute atomic E-state index is 0.188. The van der Waals surface area contributed by atoms with E-state index in [1.807, 2.05) is 30.3 Å². The molecule has 0 bridgehead atoms. The van der Waals surface area contributed by atoms with Crippen LogP contribution in [0.5, 0.6) is 0 Å². The second kappa shape index (κ2) is 4.91. The van der Waals surface area contributed by atoms with Gasteiger partial charge in [-0.15, -0.1) is 0 Å². The largest absolute Gasteiger partial charge is 0.348 e. The molecule has 1 aliphatic heterocycles. The van der Waals surface area contributed by atoms with Gasteiger partial charge in [-0.1, -0.05) is 46.3 Å². The molecule has 0 radical (unpaired) electrons. The molecule has 1 aromatic rings. The van der Waals surface area contributed by atoms with Crippen LogP contribution >= 0.6 is 15.9 Å². The van der Waals surface area contributed by atoms with Gasteiger partial charge in [0.25, 0.3) is 0 Å². The summed E-state index contributed by atoms with van der Waals surface area (Å²) in [5.41, 5.74) is 1.10. The summed E-state index contributed by atoms with van der Waals surface area (Å²) in [7, 11) is 0. The predicted molar refractivity (Wildman–Crippen MR) is 58.4 cm³/mol. The van der Waals surface area contributed by atoms with E-state index < -0.39 is 0 Å². The molecule has 76 valence electrons. The van der Waals surface area contributed by atoms with Crippen molar-refractivity contribution >= 4 is 15.9 Å². The highest BCUT2D eigenvalue weighted by Crippen LogP contribution is 2.26. The fourth-order valence-electron chi connectivity index (χ4n) is 1.49. The molecule has 14 heavy (non-hydrogen) atoms. The zero-order valence-electron chi connectivity index (χ0n) is 7.86. The Morgan fingerprint density at radius 2 is 2.07 bits per heavy atom. The Kier molecular flexibility index (Phi) is 3.56. The van der Waals surface area contributed by atoms with Crippen molar-refractivity contribution in [3.05, 3.63) is 35.9 Å². The van der Waals surface area contributed by atoms with Crippen LogP contribution in [0.3, 0.4) is 0 Å². The smallest absolute Gasteiger partial charge is 0.184 e. The molecule has 2 nitrogen and oxygen atoms in total. The topological polar surface area (TPSA) is 18.5 Å². The summed E-state index contributed by atoms with van der Waals surface area (Å²) in [6.45, 7) is 0.774. The lowest BCUT2D eigenvalue weighted by atomic mass is 10.2. The Bertz CT molecular complexity index is 276. The highest BCUT2D eigenvalue weighted by Gasteiger charge is 2.22. The van der Waals surface area contributed by atoms with Gasteiger partial charge in [0.05, 0.1) is 12.7 Å². The Morgan fingerprint density at radius 1 is 1.29 bits per heavy atom. The van der Waals surface area contributed by atoms with Crippen molar-refractivity contribution in [2.24, 2.45) is 0 Å². The number of halogens is 1. The SMILES string of the molecule is BrCC1CCO[C@H](c2ccccc2)O1. The Balaban J connectivity index is 2.04. The molecule has 0 aromatic heterocycles. The molecular weight excluding hydrogens is 244 g/mol. The first-order valence-electron chi connectivity index (χ1n) is 4.78. The van der Waals surface area contributed by atoms with E-state index in [-0.39, 0.29) is 12.4 Å². The lowest BCUT2D eigenvalue weighted by Crippen LogP contribution is -2.27. The number of hydrogen-bond donors (Lipinski definition) is 0. The van der Waals surface area contributed by atoms with E-state index in [4.69, 9.17) is 9.47 Å². The highest BCUT2D eigenvalue weighted by molar-refractivity contribution is 9.09. The third kappa shape index (κ3) is 2.35. The van der Waals surface area contributed by atoms with Crippen LogP contribution in [0.2, 0.25) is 0 Å². The summed E-state index contributed by atoms with van der Waals surface area (Å²) in [5, 5.41) is 0.875. The molecule has 2 atom stereocenters. The lowest BCUT2D eigenvalue weighted by molar-refractivity contribution is -0.210. The summed E-state index contributed by atoms with van der Waals surface area (Å²) in [5.74, 6) is 0. The Hall–Kier alpha value is -0.380. The van der Waals surface area contributed by atoms with Gasteiger partial charge in [-0.25, -0.2) is 0 Å². The van der Waals surface area contributed by atoms with Crippen LogP contribution in [-0.2, 0) is 9.47 Å². The van der Waals surface area contributed by atoms with Crippen LogP contribution in [0.15, 0.2) is 30.3 Å². The Labute approximate surface area is 92.3 Å². The van der Waals surface area contributed by atoms with Crippen molar-refractivity contribution in [2.45, 2.75) is 18.8 Å². The lowest BCUT2D eigenvalue weighted by Gasteiger charge is -2.29. The number of rotatable bonds is 2. The van der Waals surface area contributed by atoms with Crippen molar-refractivity contribution in [2.75, 3.05) is 11.9 Å². The standard InChI is InChI=1S/C11H13BrO2/c12-8-10-6-7-13-11(14-10)9-4-2-1-3-5-9/h1-5,10-11H,6-8H2/t10?,11-/m0/s1. The predicted octanol–water partition coefficient (Wildman–Crippen LogP) is 2.89. The maximum Gasteiger partial charge on any atom is 0.184 e. The summed E-state index contributed by atoms with van der Waals surface area (Å²) in [6.07, 6.45) is 1.05. The van der Waals surface area contributed by atoms with Crippen LogP contribution in [0.25, 0.3) is 0 Å². The van der Waals surface area contributed by atoms with Crippen LogP contribution in [-0.4, -0.2) is 18.0 Å². The molecule has 0 spiro atoms. The average Bonchev–Trinajstić information content (AvgIpc) is 2.30. The van der Waals surface area contributed by atoms with E-state index in [9.17, 15) is 0 Å². The highest BCUT2D eigenvalue weighted by atomic mass is 79.9. The van der Waals surface area contributed by atoms with Gasteiger partial charge in [-0.05, 0) is 6.42 Å². The van der Waals surface area contributed by atoms with Gasteiger partial charge in [-0.3, -0.25) is 0 Å². The molecule has 1 fully saturated rings. The summed E-state index contributed by atoms with van der Waals surface area (Å²) in [6, 6.07) is 10.1. The fourth-order valence-corrected chi connectivity index (χ4v) is 1.96. The maximum absolute atomic E-state index is 5.75. The first kappa shape index (κ1) is 10.1. The molecule has 1 unspecified atom stereocenters. The van der Waals surface area contributed by atoms with Gasteiger partial charge in [0, 0.05) is 10.9 Å². The summed E-state index contributed by atoms with van der Waals surface area (Å²) in [4.78, 5) is 0. The summed E-state index contributed by atoms with van der Waals surface area (Å²) >= 11 is 3.43. The quantitative estimate of drug-likeness (QED) is 0.758. The number of ether oxygens (including phenoxy) is 2. The van der Waals surface area contributed by atoms with Crippen molar-refractivity contribution in [3.8, 4) is 0 Å². The second-order valence-electron chi connectivity index (χ2n) is 3.31. The summed E-state index contributed by atoms with van der Waals surface area (Å²) < 4.78 is 11.3. The van der Waals surface area contributed by atoms with Crippen molar-refractivity contribution < 1.29 is 9.47 Å².